The van der Waals surface area contributed by atoms with Gasteiger partial charge < -0.3 is 9.52 Å². The van der Waals surface area contributed by atoms with E-state index in [-0.39, 0.29) is 5.82 Å². The molecule has 0 radical (unpaired) electrons. The normalized spacial score (nSPS) is 12.8. The van der Waals surface area contributed by atoms with E-state index in [0.29, 0.717) is 16.7 Å². The zero-order valence-corrected chi connectivity index (χ0v) is 10.4. The molecule has 2 nitrogen and oxygen atoms in total. The predicted molar refractivity (Wildman–Crippen MR) is 71.4 cm³/mol. The molecule has 1 aromatic heterocycles. The molecule has 0 saturated carbocycles. The first-order valence-corrected chi connectivity index (χ1v) is 6.06. The molecule has 1 N–H and O–H groups in total. The number of furan rings is 1. The van der Waals surface area contributed by atoms with Gasteiger partial charge in [-0.2, -0.15) is 0 Å². The van der Waals surface area contributed by atoms with Crippen molar-refractivity contribution in [3.63, 3.8) is 0 Å². The number of aliphatic hydroxyl groups is 1. The van der Waals surface area contributed by atoms with Crippen molar-refractivity contribution >= 4 is 11.0 Å². The highest BCUT2D eigenvalue weighted by Gasteiger charge is 2.17. The largest absolute Gasteiger partial charge is 0.464 e. The van der Waals surface area contributed by atoms with Crippen molar-refractivity contribution in [2.45, 2.75) is 13.0 Å². The molecular formula is C16H13FO2. The van der Waals surface area contributed by atoms with E-state index in [1.807, 2.05) is 24.3 Å². The predicted octanol–water partition coefficient (Wildman–Crippen LogP) is 3.96. The van der Waals surface area contributed by atoms with Crippen LogP contribution in [0.1, 0.15) is 22.8 Å². The van der Waals surface area contributed by atoms with Gasteiger partial charge in [-0.05, 0) is 36.2 Å². The van der Waals surface area contributed by atoms with Crippen LogP contribution >= 0.6 is 0 Å². The molecular weight excluding hydrogens is 243 g/mol. The van der Waals surface area contributed by atoms with Gasteiger partial charge in [-0.3, -0.25) is 0 Å². The summed E-state index contributed by atoms with van der Waals surface area (Å²) in [5, 5.41) is 11.2. The summed E-state index contributed by atoms with van der Waals surface area (Å²) < 4.78 is 18.8. The Morgan fingerprint density at radius 1 is 1.16 bits per heavy atom. The quantitative estimate of drug-likeness (QED) is 0.752. The molecule has 3 rings (SSSR count). The number of hydrogen-bond acceptors (Lipinski definition) is 2. The van der Waals surface area contributed by atoms with Crippen LogP contribution < -0.4 is 0 Å². The smallest absolute Gasteiger partial charge is 0.134 e. The van der Waals surface area contributed by atoms with E-state index in [4.69, 9.17) is 4.42 Å². The minimum absolute atomic E-state index is 0.346. The molecule has 96 valence electrons. The SMILES string of the molecule is Cc1cc(F)cc(C(O)c2coc3ccccc23)c1. The minimum atomic E-state index is -0.891. The number of aryl methyl sites for hydroxylation is 1. The van der Waals surface area contributed by atoms with Crippen molar-refractivity contribution in [2.24, 2.45) is 0 Å². The summed E-state index contributed by atoms with van der Waals surface area (Å²) in [6.45, 7) is 1.80. The lowest BCUT2D eigenvalue weighted by Crippen LogP contribution is -2.00. The number of rotatable bonds is 2. The Labute approximate surface area is 110 Å². The van der Waals surface area contributed by atoms with Gasteiger partial charge in [0, 0.05) is 10.9 Å². The Morgan fingerprint density at radius 2 is 1.95 bits per heavy atom. The van der Waals surface area contributed by atoms with Crippen LogP contribution in [0.3, 0.4) is 0 Å². The summed E-state index contributed by atoms with van der Waals surface area (Å²) in [6.07, 6.45) is 0.633. The fourth-order valence-electron chi connectivity index (χ4n) is 2.31. The van der Waals surface area contributed by atoms with Gasteiger partial charge in [0.25, 0.3) is 0 Å². The van der Waals surface area contributed by atoms with Crippen molar-refractivity contribution in [1.82, 2.24) is 0 Å². The fraction of sp³-hybridized carbons (Fsp3) is 0.125. The van der Waals surface area contributed by atoms with Gasteiger partial charge in [0.2, 0.25) is 0 Å². The Balaban J connectivity index is 2.10. The fourth-order valence-corrected chi connectivity index (χ4v) is 2.31. The maximum absolute atomic E-state index is 13.4. The van der Waals surface area contributed by atoms with Crippen LogP contribution in [0.2, 0.25) is 0 Å². The molecule has 0 aliphatic rings. The van der Waals surface area contributed by atoms with Crippen LogP contribution in [0.5, 0.6) is 0 Å². The molecule has 0 fully saturated rings. The van der Waals surface area contributed by atoms with Gasteiger partial charge in [-0.25, -0.2) is 4.39 Å². The van der Waals surface area contributed by atoms with E-state index < -0.39 is 6.10 Å². The molecule has 3 heteroatoms. The Hall–Kier alpha value is -2.13. The number of halogens is 1. The lowest BCUT2D eigenvalue weighted by molar-refractivity contribution is 0.220. The monoisotopic (exact) mass is 256 g/mol. The van der Waals surface area contributed by atoms with E-state index >= 15 is 0 Å². The molecule has 1 atom stereocenters. The first-order chi connectivity index (χ1) is 9.15. The van der Waals surface area contributed by atoms with Crippen LogP contribution in [0.15, 0.2) is 53.1 Å². The first kappa shape index (κ1) is 11.9. The van der Waals surface area contributed by atoms with Crippen molar-refractivity contribution in [1.29, 1.82) is 0 Å². The zero-order chi connectivity index (χ0) is 13.4. The molecule has 0 bridgehead atoms. The van der Waals surface area contributed by atoms with Gasteiger partial charge in [0.15, 0.2) is 0 Å². The number of para-hydroxylation sites is 1. The number of hydrogen-bond donors (Lipinski definition) is 1. The molecule has 19 heavy (non-hydrogen) atoms. The summed E-state index contributed by atoms with van der Waals surface area (Å²) in [5.41, 5.74) is 2.68. The third kappa shape index (κ3) is 2.13. The van der Waals surface area contributed by atoms with Gasteiger partial charge >= 0.3 is 0 Å². The number of aliphatic hydroxyl groups excluding tert-OH is 1. The summed E-state index contributed by atoms with van der Waals surface area (Å²) in [6, 6.07) is 12.0. The topological polar surface area (TPSA) is 33.4 Å². The minimum Gasteiger partial charge on any atom is -0.464 e. The van der Waals surface area contributed by atoms with Gasteiger partial charge in [0.05, 0.1) is 6.26 Å². The van der Waals surface area contributed by atoms with E-state index in [1.54, 1.807) is 13.0 Å². The molecule has 0 aliphatic heterocycles. The maximum atomic E-state index is 13.4. The summed E-state index contributed by atoms with van der Waals surface area (Å²) in [7, 11) is 0. The van der Waals surface area contributed by atoms with Crippen LogP contribution in [0.25, 0.3) is 11.0 Å². The molecule has 3 aromatic rings. The van der Waals surface area contributed by atoms with E-state index in [0.717, 1.165) is 10.9 Å². The molecule has 1 unspecified atom stereocenters. The second kappa shape index (κ2) is 4.52. The third-order valence-corrected chi connectivity index (χ3v) is 3.19. The highest BCUT2D eigenvalue weighted by atomic mass is 19.1. The van der Waals surface area contributed by atoms with Crippen LogP contribution in [-0.4, -0.2) is 5.11 Å². The molecule has 1 heterocycles. The Morgan fingerprint density at radius 3 is 2.74 bits per heavy atom. The molecule has 0 amide bonds. The molecule has 0 spiro atoms. The van der Waals surface area contributed by atoms with Gasteiger partial charge in [0.1, 0.15) is 17.5 Å². The lowest BCUT2D eigenvalue weighted by atomic mass is 9.99. The molecule has 2 aromatic carbocycles. The summed E-state index contributed by atoms with van der Waals surface area (Å²) in [4.78, 5) is 0. The van der Waals surface area contributed by atoms with Crippen LogP contribution in [-0.2, 0) is 0 Å². The van der Waals surface area contributed by atoms with Crippen molar-refractivity contribution in [3.8, 4) is 0 Å². The summed E-state index contributed by atoms with van der Waals surface area (Å²) in [5.74, 6) is -0.346. The third-order valence-electron chi connectivity index (χ3n) is 3.19. The lowest BCUT2D eigenvalue weighted by Gasteiger charge is -2.10. The van der Waals surface area contributed by atoms with Gasteiger partial charge in [-0.1, -0.05) is 24.3 Å². The van der Waals surface area contributed by atoms with Crippen molar-refractivity contribution in [2.75, 3.05) is 0 Å². The Bertz CT molecular complexity index is 710. The first-order valence-electron chi connectivity index (χ1n) is 6.06. The summed E-state index contributed by atoms with van der Waals surface area (Å²) >= 11 is 0. The highest BCUT2D eigenvalue weighted by Crippen LogP contribution is 2.31. The number of fused-ring (bicyclic) bond motifs is 1. The average Bonchev–Trinajstić information content (AvgIpc) is 2.80. The van der Waals surface area contributed by atoms with E-state index in [9.17, 15) is 9.50 Å². The van der Waals surface area contributed by atoms with Crippen molar-refractivity contribution < 1.29 is 13.9 Å². The number of benzene rings is 2. The van der Waals surface area contributed by atoms with Crippen molar-refractivity contribution in [3.05, 3.63) is 71.2 Å². The second-order valence-electron chi connectivity index (χ2n) is 4.65. The average molecular weight is 256 g/mol. The van der Waals surface area contributed by atoms with E-state index in [1.165, 1.54) is 18.4 Å². The molecule has 0 aliphatic carbocycles. The van der Waals surface area contributed by atoms with Crippen LogP contribution in [0, 0.1) is 12.7 Å². The zero-order valence-electron chi connectivity index (χ0n) is 10.4. The second-order valence-corrected chi connectivity index (χ2v) is 4.65. The maximum Gasteiger partial charge on any atom is 0.134 e. The van der Waals surface area contributed by atoms with Gasteiger partial charge in [-0.15, -0.1) is 0 Å². The Kier molecular flexibility index (Phi) is 2.84. The standard InChI is InChI=1S/C16H13FO2/c1-10-6-11(8-12(17)7-10)16(18)14-9-19-15-5-3-2-4-13(14)15/h2-9,16,18H,1H3. The van der Waals surface area contributed by atoms with E-state index in [2.05, 4.69) is 0 Å². The molecule has 0 saturated heterocycles. The highest BCUT2D eigenvalue weighted by molar-refractivity contribution is 5.81. The van der Waals surface area contributed by atoms with Crippen LogP contribution in [0.4, 0.5) is 4.39 Å².